The summed E-state index contributed by atoms with van der Waals surface area (Å²) in [6, 6.07) is 35.3. The molecule has 0 spiro atoms. The standard InChI is InChI=1S/C29H27BN2O4/c1-29(2)21-35-30(36-28(29)26-15-9-10-16-27(26)32(33)34)22-17-19-25(20-18-22)31(23-11-5-3-6-12-23)24-13-7-4-8-14-24/h3-20,28H,21H2,1-2H3. The van der Waals surface area contributed by atoms with Crippen molar-refractivity contribution in [2.45, 2.75) is 20.0 Å². The Morgan fingerprint density at radius 1 is 0.806 bits per heavy atom. The average molecular weight is 478 g/mol. The molecule has 1 aliphatic rings. The van der Waals surface area contributed by atoms with Crippen LogP contribution in [-0.4, -0.2) is 18.6 Å². The maximum Gasteiger partial charge on any atom is 0.494 e. The van der Waals surface area contributed by atoms with Gasteiger partial charge in [0.1, 0.15) is 0 Å². The Labute approximate surface area is 211 Å². The summed E-state index contributed by atoms with van der Waals surface area (Å²) in [6.45, 7) is 4.42. The summed E-state index contributed by atoms with van der Waals surface area (Å²) in [4.78, 5) is 13.5. The molecule has 1 saturated heterocycles. The van der Waals surface area contributed by atoms with E-state index < -0.39 is 18.6 Å². The van der Waals surface area contributed by atoms with Gasteiger partial charge in [0.25, 0.3) is 5.69 Å². The van der Waals surface area contributed by atoms with Gasteiger partial charge < -0.3 is 14.2 Å². The van der Waals surface area contributed by atoms with E-state index in [1.54, 1.807) is 12.1 Å². The lowest BCUT2D eigenvalue weighted by Crippen LogP contribution is -2.49. The fraction of sp³-hybridized carbons (Fsp3) is 0.172. The second kappa shape index (κ2) is 9.97. The van der Waals surface area contributed by atoms with Gasteiger partial charge >= 0.3 is 7.12 Å². The third kappa shape index (κ3) is 4.76. The predicted octanol–water partition coefficient (Wildman–Crippen LogP) is 6.57. The van der Waals surface area contributed by atoms with Crippen molar-refractivity contribution >= 4 is 35.3 Å². The van der Waals surface area contributed by atoms with Crippen LogP contribution >= 0.6 is 0 Å². The normalized spacial score (nSPS) is 16.9. The van der Waals surface area contributed by atoms with Crippen LogP contribution in [0.25, 0.3) is 0 Å². The van der Waals surface area contributed by atoms with Crippen molar-refractivity contribution in [1.82, 2.24) is 0 Å². The fourth-order valence-corrected chi connectivity index (χ4v) is 4.64. The lowest BCUT2D eigenvalue weighted by atomic mass is 9.72. The van der Waals surface area contributed by atoms with E-state index in [1.807, 2.05) is 80.6 Å². The average Bonchev–Trinajstić information content (AvgIpc) is 2.90. The molecule has 4 aromatic rings. The van der Waals surface area contributed by atoms with E-state index >= 15 is 0 Å². The molecule has 0 aliphatic carbocycles. The largest absolute Gasteiger partial charge is 0.494 e. The number of nitro benzene ring substituents is 1. The van der Waals surface area contributed by atoms with Crippen molar-refractivity contribution in [2.24, 2.45) is 5.41 Å². The quantitative estimate of drug-likeness (QED) is 0.178. The van der Waals surface area contributed by atoms with E-state index in [-0.39, 0.29) is 10.6 Å². The first-order valence-corrected chi connectivity index (χ1v) is 11.9. The van der Waals surface area contributed by atoms with Crippen LogP contribution in [0.4, 0.5) is 22.7 Å². The molecule has 4 aromatic carbocycles. The van der Waals surface area contributed by atoms with E-state index in [0.29, 0.717) is 12.2 Å². The molecule has 0 amide bonds. The van der Waals surface area contributed by atoms with Gasteiger partial charge in [-0.3, -0.25) is 10.1 Å². The summed E-state index contributed by atoms with van der Waals surface area (Å²) in [7, 11) is -0.626. The minimum Gasteiger partial charge on any atom is -0.407 e. The monoisotopic (exact) mass is 478 g/mol. The van der Waals surface area contributed by atoms with Gasteiger partial charge in [0.2, 0.25) is 0 Å². The summed E-state index contributed by atoms with van der Waals surface area (Å²) < 4.78 is 12.5. The van der Waals surface area contributed by atoms with Gasteiger partial charge in [-0.25, -0.2) is 0 Å². The first kappa shape index (κ1) is 23.8. The molecule has 7 heteroatoms. The molecule has 0 aromatic heterocycles. The van der Waals surface area contributed by atoms with Crippen molar-refractivity contribution in [2.75, 3.05) is 11.5 Å². The van der Waals surface area contributed by atoms with E-state index in [2.05, 4.69) is 29.2 Å². The highest BCUT2D eigenvalue weighted by Gasteiger charge is 2.44. The van der Waals surface area contributed by atoms with Crippen LogP contribution in [0, 0.1) is 15.5 Å². The van der Waals surface area contributed by atoms with Gasteiger partial charge in [-0.15, -0.1) is 0 Å². The molecule has 180 valence electrons. The molecule has 0 N–H and O–H groups in total. The zero-order chi connectivity index (χ0) is 25.1. The highest BCUT2D eigenvalue weighted by molar-refractivity contribution is 6.61. The fourth-order valence-electron chi connectivity index (χ4n) is 4.64. The Bertz CT molecular complexity index is 1290. The van der Waals surface area contributed by atoms with E-state index in [4.69, 9.17) is 9.31 Å². The van der Waals surface area contributed by atoms with Crippen molar-refractivity contribution in [3.8, 4) is 0 Å². The van der Waals surface area contributed by atoms with Crippen LogP contribution in [0.2, 0.25) is 0 Å². The molecule has 1 aliphatic heterocycles. The van der Waals surface area contributed by atoms with Crippen molar-refractivity contribution in [3.05, 3.63) is 125 Å². The molecule has 0 radical (unpaired) electrons. The Kier molecular flexibility index (Phi) is 6.59. The maximum absolute atomic E-state index is 11.7. The lowest BCUT2D eigenvalue weighted by molar-refractivity contribution is -0.386. The summed E-state index contributed by atoms with van der Waals surface area (Å²) in [5.41, 5.74) is 4.17. The molecule has 5 rings (SSSR count). The number of anilines is 3. The molecular weight excluding hydrogens is 451 g/mol. The molecular formula is C29H27BN2O4. The van der Waals surface area contributed by atoms with Crippen LogP contribution in [0.3, 0.4) is 0 Å². The van der Waals surface area contributed by atoms with Gasteiger partial charge in [0.05, 0.1) is 16.6 Å². The number of nitro groups is 1. The van der Waals surface area contributed by atoms with Crippen LogP contribution in [-0.2, 0) is 9.31 Å². The van der Waals surface area contributed by atoms with Crippen molar-refractivity contribution < 1.29 is 14.2 Å². The zero-order valence-corrected chi connectivity index (χ0v) is 20.3. The molecule has 0 bridgehead atoms. The van der Waals surface area contributed by atoms with Crippen LogP contribution < -0.4 is 10.4 Å². The summed E-state index contributed by atoms with van der Waals surface area (Å²) in [6.07, 6.45) is -0.484. The molecule has 1 heterocycles. The number of hydrogen-bond acceptors (Lipinski definition) is 5. The van der Waals surface area contributed by atoms with Gasteiger partial charge in [0.15, 0.2) is 0 Å². The van der Waals surface area contributed by atoms with Gasteiger partial charge in [-0.05, 0) is 47.9 Å². The maximum atomic E-state index is 11.7. The topological polar surface area (TPSA) is 64.8 Å². The molecule has 1 unspecified atom stereocenters. The molecule has 0 saturated carbocycles. The summed E-state index contributed by atoms with van der Waals surface area (Å²) >= 11 is 0. The number of benzene rings is 4. The summed E-state index contributed by atoms with van der Waals surface area (Å²) in [5, 5.41) is 11.7. The molecule has 1 atom stereocenters. The summed E-state index contributed by atoms with van der Waals surface area (Å²) in [5.74, 6) is 0. The smallest absolute Gasteiger partial charge is 0.407 e. The number of nitrogens with zero attached hydrogens (tertiary/aromatic N) is 2. The Morgan fingerprint density at radius 2 is 1.33 bits per heavy atom. The second-order valence-electron chi connectivity index (χ2n) is 9.56. The molecule has 6 nitrogen and oxygen atoms in total. The molecule has 36 heavy (non-hydrogen) atoms. The minimum atomic E-state index is -0.626. The van der Waals surface area contributed by atoms with Gasteiger partial charge in [-0.2, -0.15) is 0 Å². The number of rotatable bonds is 6. The van der Waals surface area contributed by atoms with Crippen molar-refractivity contribution in [1.29, 1.82) is 0 Å². The first-order chi connectivity index (χ1) is 17.4. The third-order valence-electron chi connectivity index (χ3n) is 6.44. The van der Waals surface area contributed by atoms with E-state index in [0.717, 1.165) is 22.5 Å². The number of para-hydroxylation sites is 3. The lowest BCUT2D eigenvalue weighted by Gasteiger charge is -2.41. The highest BCUT2D eigenvalue weighted by Crippen LogP contribution is 2.43. The Morgan fingerprint density at radius 3 is 1.92 bits per heavy atom. The zero-order valence-electron chi connectivity index (χ0n) is 20.3. The van der Waals surface area contributed by atoms with Crippen LogP contribution in [0.15, 0.2) is 109 Å². The van der Waals surface area contributed by atoms with Crippen molar-refractivity contribution in [3.63, 3.8) is 0 Å². The van der Waals surface area contributed by atoms with Crippen LogP contribution in [0.5, 0.6) is 0 Å². The van der Waals surface area contributed by atoms with E-state index in [1.165, 1.54) is 6.07 Å². The highest BCUT2D eigenvalue weighted by atomic mass is 16.6. The third-order valence-corrected chi connectivity index (χ3v) is 6.44. The second-order valence-corrected chi connectivity index (χ2v) is 9.56. The Hall–Kier alpha value is -3.94. The molecule has 1 fully saturated rings. The van der Waals surface area contributed by atoms with Gasteiger partial charge in [-0.1, -0.05) is 74.5 Å². The number of hydrogen-bond donors (Lipinski definition) is 0. The predicted molar refractivity (Wildman–Crippen MR) is 143 cm³/mol. The minimum absolute atomic E-state index is 0.0629. The first-order valence-electron chi connectivity index (χ1n) is 11.9. The van der Waals surface area contributed by atoms with Crippen LogP contribution in [0.1, 0.15) is 25.5 Å². The van der Waals surface area contributed by atoms with Gasteiger partial charge in [0, 0.05) is 35.2 Å². The Balaban J connectivity index is 1.45. The SMILES string of the molecule is CC1(C)COB(c2ccc(N(c3ccccc3)c3ccccc3)cc2)OC1c1ccccc1[N+](=O)[O-]. The van der Waals surface area contributed by atoms with E-state index in [9.17, 15) is 10.1 Å².